The van der Waals surface area contributed by atoms with Crippen molar-refractivity contribution in [1.29, 1.82) is 0 Å². The maximum absolute atomic E-state index is 5.51. The van der Waals surface area contributed by atoms with Gasteiger partial charge in [-0.05, 0) is 59.3 Å². The lowest BCUT2D eigenvalue weighted by atomic mass is 10.00. The van der Waals surface area contributed by atoms with Crippen LogP contribution < -0.4 is 0 Å². The van der Waals surface area contributed by atoms with Gasteiger partial charge < -0.3 is 0 Å². The van der Waals surface area contributed by atoms with Crippen LogP contribution in [0.2, 0.25) is 0 Å². The number of fused-ring (bicyclic) bond motifs is 9. The van der Waals surface area contributed by atoms with Crippen molar-refractivity contribution in [3.05, 3.63) is 176 Å². The summed E-state index contributed by atoms with van der Waals surface area (Å²) in [6, 6.07) is 61.4. The first-order valence-corrected chi connectivity index (χ1v) is 18.8. The Hall–Kier alpha value is -7.02. The van der Waals surface area contributed by atoms with Crippen molar-refractivity contribution in [3.63, 3.8) is 0 Å². The monoisotopic (exact) mass is 707 g/mol. The highest BCUT2D eigenvalue weighted by molar-refractivity contribution is 7.25. The van der Waals surface area contributed by atoms with Gasteiger partial charge in [-0.1, -0.05) is 127 Å². The lowest BCUT2D eigenvalue weighted by Crippen LogP contribution is -2.01. The van der Waals surface area contributed by atoms with Gasteiger partial charge in [0.2, 0.25) is 0 Å². The zero-order chi connectivity index (χ0) is 35.6. The zero-order valence-corrected chi connectivity index (χ0v) is 29.7. The van der Waals surface area contributed by atoms with Gasteiger partial charge in [-0.25, -0.2) is 19.9 Å². The van der Waals surface area contributed by atoms with Crippen molar-refractivity contribution >= 4 is 64.1 Å². The van der Waals surface area contributed by atoms with Gasteiger partial charge in [-0.3, -0.25) is 4.57 Å². The second kappa shape index (κ2) is 12.3. The summed E-state index contributed by atoms with van der Waals surface area (Å²) in [6.45, 7) is 0. The first-order valence-electron chi connectivity index (χ1n) is 18.0. The summed E-state index contributed by atoms with van der Waals surface area (Å²) in [5, 5.41) is 7.21. The fraction of sp³-hybridized carbons (Fsp3) is 0. The van der Waals surface area contributed by atoms with Crippen molar-refractivity contribution in [3.8, 4) is 51.2 Å². The smallest absolute Gasteiger partial charge is 0.164 e. The molecule has 3 aromatic heterocycles. The second-order valence-electron chi connectivity index (χ2n) is 13.5. The molecule has 0 saturated heterocycles. The van der Waals surface area contributed by atoms with E-state index in [1.54, 1.807) is 0 Å². The van der Waals surface area contributed by atoms with E-state index in [1.165, 1.54) is 30.9 Å². The summed E-state index contributed by atoms with van der Waals surface area (Å²) in [6.07, 6.45) is 0. The van der Waals surface area contributed by atoms with Gasteiger partial charge in [0, 0.05) is 58.9 Å². The molecule has 8 aromatic carbocycles. The molecule has 0 radical (unpaired) electrons. The Morgan fingerprint density at radius 1 is 0.352 bits per heavy atom. The average Bonchev–Trinajstić information content (AvgIpc) is 3.84. The van der Waals surface area contributed by atoms with E-state index in [1.807, 2.05) is 72.0 Å². The maximum atomic E-state index is 5.51. The fourth-order valence-electron chi connectivity index (χ4n) is 7.71. The van der Waals surface area contributed by atoms with Crippen LogP contribution in [0.3, 0.4) is 0 Å². The summed E-state index contributed by atoms with van der Waals surface area (Å²) < 4.78 is 4.89. The normalized spacial score (nSPS) is 11.7. The van der Waals surface area contributed by atoms with Crippen molar-refractivity contribution < 1.29 is 0 Å². The maximum Gasteiger partial charge on any atom is 0.164 e. The van der Waals surface area contributed by atoms with Crippen molar-refractivity contribution in [2.75, 3.05) is 0 Å². The van der Waals surface area contributed by atoms with Gasteiger partial charge in [0.05, 0.1) is 11.0 Å². The summed E-state index contributed by atoms with van der Waals surface area (Å²) in [5.41, 5.74) is 6.93. The predicted octanol–water partition coefficient (Wildman–Crippen LogP) is 12.6. The molecule has 0 bridgehead atoms. The van der Waals surface area contributed by atoms with Crippen molar-refractivity contribution in [1.82, 2.24) is 24.5 Å². The molecule has 11 aromatic rings. The van der Waals surface area contributed by atoms with Gasteiger partial charge >= 0.3 is 0 Å². The predicted molar refractivity (Wildman–Crippen MR) is 224 cm³/mol. The van der Waals surface area contributed by atoms with Gasteiger partial charge in [0.1, 0.15) is 5.82 Å². The Kier molecular flexibility index (Phi) is 6.97. The number of thiophene rings is 1. The Labute approximate surface area is 314 Å². The topological polar surface area (TPSA) is 56.5 Å². The van der Waals surface area contributed by atoms with E-state index < -0.39 is 0 Å². The van der Waals surface area contributed by atoms with Gasteiger partial charge in [0.15, 0.2) is 17.5 Å². The van der Waals surface area contributed by atoms with Crippen molar-refractivity contribution in [2.24, 2.45) is 0 Å². The number of hydrogen-bond donors (Lipinski definition) is 0. The SMILES string of the molecule is c1ccc(-c2nc(-c3ccccc3)nc(-c3ccc(-n4c(-c5ccc6sc7ccccc7c6c5)nc5c6ccccc6c6ccccc6c54)cc3)n2)cc1. The average molecular weight is 708 g/mol. The molecule has 0 aliphatic heterocycles. The third-order valence-electron chi connectivity index (χ3n) is 10.2. The van der Waals surface area contributed by atoms with E-state index in [4.69, 9.17) is 19.9 Å². The van der Waals surface area contributed by atoms with Gasteiger partial charge in [-0.2, -0.15) is 0 Å². The van der Waals surface area contributed by atoms with E-state index in [9.17, 15) is 0 Å². The standard InChI is InChI=1S/C48H29N5S/c1-3-13-30(14-4-1)45-50-46(31-15-5-2-6-16-31)52-47(51-45)32-23-26-34(27-24-32)53-44-39-21-10-8-18-36(39)35-17-7-9-20-38(35)43(44)49-48(53)33-25-28-42-40(29-33)37-19-11-12-22-41(37)54-42/h1-29H. The van der Waals surface area contributed by atoms with E-state index >= 15 is 0 Å². The van der Waals surface area contributed by atoms with E-state index in [0.29, 0.717) is 17.5 Å². The summed E-state index contributed by atoms with van der Waals surface area (Å²) in [4.78, 5) is 20.4. The number of rotatable bonds is 5. The molecule has 0 fully saturated rings. The highest BCUT2D eigenvalue weighted by Gasteiger charge is 2.21. The molecule has 0 aliphatic carbocycles. The molecule has 0 unspecified atom stereocenters. The third-order valence-corrected chi connectivity index (χ3v) is 11.4. The van der Waals surface area contributed by atoms with Crippen LogP contribution in [0.4, 0.5) is 0 Å². The molecule has 5 nitrogen and oxygen atoms in total. The number of imidazole rings is 1. The van der Waals surface area contributed by atoms with E-state index in [-0.39, 0.29) is 0 Å². The molecule has 6 heteroatoms. The summed E-state index contributed by atoms with van der Waals surface area (Å²) >= 11 is 1.83. The second-order valence-corrected chi connectivity index (χ2v) is 14.5. The number of nitrogens with zero attached hydrogens (tertiary/aromatic N) is 5. The minimum Gasteiger partial charge on any atom is -0.292 e. The van der Waals surface area contributed by atoms with Gasteiger partial charge in [-0.15, -0.1) is 11.3 Å². The largest absolute Gasteiger partial charge is 0.292 e. The van der Waals surface area contributed by atoms with Crippen LogP contribution >= 0.6 is 11.3 Å². The van der Waals surface area contributed by atoms with Crippen LogP contribution in [0.15, 0.2) is 176 Å². The van der Waals surface area contributed by atoms with E-state index in [0.717, 1.165) is 55.6 Å². The molecule has 252 valence electrons. The molecule has 0 N–H and O–H groups in total. The lowest BCUT2D eigenvalue weighted by Gasteiger charge is -2.13. The lowest BCUT2D eigenvalue weighted by molar-refractivity contribution is 1.07. The molecule has 3 heterocycles. The first kappa shape index (κ1) is 30.6. The molecular formula is C48H29N5S. The minimum absolute atomic E-state index is 0.621. The molecule has 0 amide bonds. The molecule has 0 atom stereocenters. The number of hydrogen-bond acceptors (Lipinski definition) is 5. The minimum atomic E-state index is 0.621. The van der Waals surface area contributed by atoms with Crippen LogP contribution in [0, 0.1) is 0 Å². The van der Waals surface area contributed by atoms with Crippen molar-refractivity contribution in [2.45, 2.75) is 0 Å². The molecule has 11 rings (SSSR count). The molecular weight excluding hydrogens is 679 g/mol. The van der Waals surface area contributed by atoms with Crippen LogP contribution in [-0.2, 0) is 0 Å². The molecule has 0 saturated carbocycles. The fourth-order valence-corrected chi connectivity index (χ4v) is 8.80. The van der Waals surface area contributed by atoms with Crippen LogP contribution in [-0.4, -0.2) is 24.5 Å². The highest BCUT2D eigenvalue weighted by atomic mass is 32.1. The highest BCUT2D eigenvalue weighted by Crippen LogP contribution is 2.41. The molecule has 54 heavy (non-hydrogen) atoms. The number of benzene rings is 8. The molecule has 0 aliphatic rings. The zero-order valence-electron chi connectivity index (χ0n) is 28.9. The Balaban J connectivity index is 1.14. The van der Waals surface area contributed by atoms with Crippen LogP contribution in [0.5, 0.6) is 0 Å². The third kappa shape index (κ3) is 4.92. The van der Waals surface area contributed by atoms with E-state index in [2.05, 4.69) is 120 Å². The van der Waals surface area contributed by atoms with Crippen LogP contribution in [0.1, 0.15) is 0 Å². The van der Waals surface area contributed by atoms with Gasteiger partial charge in [0.25, 0.3) is 0 Å². The Morgan fingerprint density at radius 3 is 1.48 bits per heavy atom. The summed E-state index contributed by atoms with van der Waals surface area (Å²) in [5.74, 6) is 2.80. The van der Waals surface area contributed by atoms with Crippen LogP contribution in [0.25, 0.3) is 104 Å². The summed E-state index contributed by atoms with van der Waals surface area (Å²) in [7, 11) is 0. The Morgan fingerprint density at radius 2 is 0.833 bits per heavy atom. The Bertz CT molecular complexity index is 3140. The molecule has 0 spiro atoms. The quantitative estimate of drug-likeness (QED) is 0.167. The number of aromatic nitrogens is 5. The first-order chi connectivity index (χ1) is 26.8.